The molecule has 1 amide bonds. The predicted octanol–water partition coefficient (Wildman–Crippen LogP) is 2.77. The summed E-state index contributed by atoms with van der Waals surface area (Å²) in [6.45, 7) is 3.26. The second-order valence-corrected chi connectivity index (χ2v) is 5.46. The van der Waals surface area contributed by atoms with E-state index in [0.29, 0.717) is 31.0 Å². The molecular weight excluding hydrogens is 334 g/mol. The van der Waals surface area contributed by atoms with E-state index in [4.69, 9.17) is 9.47 Å². The lowest BCUT2D eigenvalue weighted by Gasteiger charge is -2.08. The first-order chi connectivity index (χ1) is 12.6. The van der Waals surface area contributed by atoms with Crippen LogP contribution >= 0.6 is 0 Å². The van der Waals surface area contributed by atoms with Gasteiger partial charge in [-0.25, -0.2) is 9.78 Å². The molecule has 0 saturated heterocycles. The lowest BCUT2D eigenvalue weighted by atomic mass is 10.2. The van der Waals surface area contributed by atoms with Gasteiger partial charge in [-0.3, -0.25) is 4.79 Å². The lowest BCUT2D eigenvalue weighted by Crippen LogP contribution is -2.26. The van der Waals surface area contributed by atoms with Crippen LogP contribution in [0.2, 0.25) is 0 Å². The number of carbonyl (C=O) groups excluding carboxylic acids is 2. The van der Waals surface area contributed by atoms with E-state index in [2.05, 4.69) is 15.6 Å². The van der Waals surface area contributed by atoms with Crippen LogP contribution in [-0.4, -0.2) is 43.7 Å². The van der Waals surface area contributed by atoms with Gasteiger partial charge in [0.2, 0.25) is 0 Å². The van der Waals surface area contributed by atoms with Crippen molar-refractivity contribution in [2.75, 3.05) is 32.2 Å². The zero-order chi connectivity index (χ0) is 18.8. The van der Waals surface area contributed by atoms with E-state index in [1.54, 1.807) is 56.6 Å². The predicted molar refractivity (Wildman–Crippen MR) is 98.7 cm³/mol. The number of hydrogen-bond acceptors (Lipinski definition) is 6. The fourth-order valence-corrected chi connectivity index (χ4v) is 2.18. The summed E-state index contributed by atoms with van der Waals surface area (Å²) in [4.78, 5) is 27.7. The van der Waals surface area contributed by atoms with Gasteiger partial charge in [-0.15, -0.1) is 0 Å². The zero-order valence-electron chi connectivity index (χ0n) is 15.0. The second kappa shape index (κ2) is 10.1. The van der Waals surface area contributed by atoms with Crippen LogP contribution in [-0.2, 0) is 9.47 Å². The van der Waals surface area contributed by atoms with Crippen molar-refractivity contribution in [1.82, 2.24) is 10.3 Å². The molecule has 1 aromatic heterocycles. The number of benzene rings is 1. The van der Waals surface area contributed by atoms with Crippen LogP contribution in [0.1, 0.15) is 34.2 Å². The molecule has 0 bridgehead atoms. The Kier molecular flexibility index (Phi) is 7.57. The van der Waals surface area contributed by atoms with Crippen LogP contribution in [0.3, 0.4) is 0 Å². The molecule has 2 rings (SSSR count). The van der Waals surface area contributed by atoms with Gasteiger partial charge in [0.25, 0.3) is 5.91 Å². The van der Waals surface area contributed by atoms with Crippen LogP contribution in [0.4, 0.5) is 11.4 Å². The summed E-state index contributed by atoms with van der Waals surface area (Å²) in [5.74, 6) is -0.562. The fraction of sp³-hybridized carbons (Fsp3) is 0.316. The maximum Gasteiger partial charge on any atom is 0.338 e. The molecule has 0 saturated carbocycles. The molecule has 0 aliphatic rings. The highest BCUT2D eigenvalue weighted by atomic mass is 16.5. The number of amides is 1. The standard InChI is InChI=1S/C19H23N3O4/c1-3-26-19(24)14-5-7-15(8-6-14)22-16-9-10-17(21-13-16)18(23)20-11-4-12-25-2/h5-10,13,22H,3-4,11-12H2,1-2H3,(H,20,23). The number of rotatable bonds is 9. The van der Waals surface area contributed by atoms with Gasteiger partial charge < -0.3 is 20.1 Å². The molecule has 7 heteroatoms. The molecule has 0 radical (unpaired) electrons. The third-order valence-electron chi connectivity index (χ3n) is 3.49. The summed E-state index contributed by atoms with van der Waals surface area (Å²) in [5.41, 5.74) is 2.39. The number of aromatic nitrogens is 1. The summed E-state index contributed by atoms with van der Waals surface area (Å²) in [6.07, 6.45) is 2.34. The van der Waals surface area contributed by atoms with Gasteiger partial charge in [0.15, 0.2) is 0 Å². The molecule has 138 valence electrons. The average Bonchev–Trinajstić information content (AvgIpc) is 2.66. The minimum absolute atomic E-state index is 0.216. The summed E-state index contributed by atoms with van der Waals surface area (Å²) >= 11 is 0. The summed E-state index contributed by atoms with van der Waals surface area (Å²) in [6, 6.07) is 10.4. The molecule has 0 spiro atoms. The molecule has 1 heterocycles. The quantitative estimate of drug-likeness (QED) is 0.530. The van der Waals surface area contributed by atoms with Crippen LogP contribution < -0.4 is 10.6 Å². The van der Waals surface area contributed by atoms with E-state index in [1.807, 2.05) is 0 Å². The zero-order valence-corrected chi connectivity index (χ0v) is 15.0. The molecule has 0 fully saturated rings. The van der Waals surface area contributed by atoms with E-state index in [9.17, 15) is 9.59 Å². The SMILES string of the molecule is CCOC(=O)c1ccc(Nc2ccc(C(=O)NCCCOC)nc2)cc1. The van der Waals surface area contributed by atoms with Crippen LogP contribution in [0.15, 0.2) is 42.6 Å². The summed E-state index contributed by atoms with van der Waals surface area (Å²) in [5, 5.41) is 5.95. The normalized spacial score (nSPS) is 10.2. The van der Waals surface area contributed by atoms with Crippen molar-refractivity contribution in [3.8, 4) is 0 Å². The van der Waals surface area contributed by atoms with Gasteiger partial charge in [0.1, 0.15) is 5.69 Å². The Morgan fingerprint density at radius 2 is 1.81 bits per heavy atom. The Hall–Kier alpha value is -2.93. The van der Waals surface area contributed by atoms with E-state index < -0.39 is 0 Å². The first kappa shape index (κ1) is 19.4. The molecule has 0 aliphatic heterocycles. The number of methoxy groups -OCH3 is 1. The molecule has 0 atom stereocenters. The monoisotopic (exact) mass is 357 g/mol. The molecule has 7 nitrogen and oxygen atoms in total. The van der Waals surface area contributed by atoms with E-state index in [-0.39, 0.29) is 11.9 Å². The third kappa shape index (κ3) is 5.86. The Bertz CT molecular complexity index is 715. The number of pyridine rings is 1. The molecule has 2 N–H and O–H groups in total. The van der Waals surface area contributed by atoms with Crippen molar-refractivity contribution in [3.63, 3.8) is 0 Å². The highest BCUT2D eigenvalue weighted by molar-refractivity contribution is 5.92. The molecule has 26 heavy (non-hydrogen) atoms. The highest BCUT2D eigenvalue weighted by Crippen LogP contribution is 2.17. The molecule has 2 aromatic rings. The number of hydrogen-bond donors (Lipinski definition) is 2. The van der Waals surface area contributed by atoms with E-state index in [0.717, 1.165) is 17.8 Å². The number of anilines is 2. The van der Waals surface area contributed by atoms with Gasteiger partial charge in [0.05, 0.1) is 24.1 Å². The first-order valence-electron chi connectivity index (χ1n) is 8.41. The topological polar surface area (TPSA) is 89.5 Å². The molecule has 1 aromatic carbocycles. The number of esters is 1. The smallest absolute Gasteiger partial charge is 0.338 e. The van der Waals surface area contributed by atoms with Crippen molar-refractivity contribution >= 4 is 23.3 Å². The van der Waals surface area contributed by atoms with Gasteiger partial charge in [0, 0.05) is 25.9 Å². The van der Waals surface area contributed by atoms with Crippen molar-refractivity contribution < 1.29 is 19.1 Å². The van der Waals surface area contributed by atoms with Crippen molar-refractivity contribution in [1.29, 1.82) is 0 Å². The Labute approximate surface area is 152 Å². The van der Waals surface area contributed by atoms with E-state index >= 15 is 0 Å². The van der Waals surface area contributed by atoms with Crippen molar-refractivity contribution in [3.05, 3.63) is 53.9 Å². The fourth-order valence-electron chi connectivity index (χ4n) is 2.18. The first-order valence-corrected chi connectivity index (χ1v) is 8.41. The van der Waals surface area contributed by atoms with Crippen LogP contribution in [0.5, 0.6) is 0 Å². The number of carbonyl (C=O) groups is 2. The van der Waals surface area contributed by atoms with Gasteiger partial charge in [-0.05, 0) is 49.7 Å². The maximum absolute atomic E-state index is 12.0. The van der Waals surface area contributed by atoms with Crippen LogP contribution in [0, 0.1) is 0 Å². The highest BCUT2D eigenvalue weighted by Gasteiger charge is 2.08. The van der Waals surface area contributed by atoms with E-state index in [1.165, 1.54) is 0 Å². The molecule has 0 aliphatic carbocycles. The summed E-state index contributed by atoms with van der Waals surface area (Å²) < 4.78 is 9.88. The maximum atomic E-state index is 12.0. The number of nitrogens with zero attached hydrogens (tertiary/aromatic N) is 1. The van der Waals surface area contributed by atoms with Gasteiger partial charge in [-0.2, -0.15) is 0 Å². The van der Waals surface area contributed by atoms with Gasteiger partial charge in [-0.1, -0.05) is 0 Å². The molecule has 0 unspecified atom stereocenters. The Morgan fingerprint density at radius 3 is 2.42 bits per heavy atom. The number of ether oxygens (including phenoxy) is 2. The Balaban J connectivity index is 1.90. The Morgan fingerprint density at radius 1 is 1.08 bits per heavy atom. The lowest BCUT2D eigenvalue weighted by molar-refractivity contribution is 0.0526. The van der Waals surface area contributed by atoms with Gasteiger partial charge >= 0.3 is 5.97 Å². The average molecular weight is 357 g/mol. The minimum atomic E-state index is -0.346. The van der Waals surface area contributed by atoms with Crippen molar-refractivity contribution in [2.24, 2.45) is 0 Å². The minimum Gasteiger partial charge on any atom is -0.462 e. The second-order valence-electron chi connectivity index (χ2n) is 5.46. The van der Waals surface area contributed by atoms with Crippen molar-refractivity contribution in [2.45, 2.75) is 13.3 Å². The molecular formula is C19H23N3O4. The number of nitrogens with one attached hydrogen (secondary N) is 2. The summed E-state index contributed by atoms with van der Waals surface area (Å²) in [7, 11) is 1.62. The third-order valence-corrected chi connectivity index (χ3v) is 3.49. The largest absolute Gasteiger partial charge is 0.462 e. The van der Waals surface area contributed by atoms with Crippen LogP contribution in [0.25, 0.3) is 0 Å².